The van der Waals surface area contributed by atoms with Crippen LogP contribution in [0.5, 0.6) is 0 Å². The summed E-state index contributed by atoms with van der Waals surface area (Å²) < 4.78 is 3.39. The van der Waals surface area contributed by atoms with Gasteiger partial charge in [0.25, 0.3) is 0 Å². The zero-order chi connectivity index (χ0) is 25.5. The lowest BCUT2D eigenvalue weighted by atomic mass is 9.96. The van der Waals surface area contributed by atoms with Gasteiger partial charge < -0.3 is 9.88 Å². The molecular weight excluding hydrogens is 532 g/mol. The smallest absolute Gasteiger partial charge is 0.0702 e. The van der Waals surface area contributed by atoms with Crippen molar-refractivity contribution in [3.63, 3.8) is 0 Å². The minimum atomic E-state index is 0.840. The fourth-order valence-electron chi connectivity index (χ4n) is 5.19. The number of fused-ring (bicyclic) bond motifs is 3. The maximum absolute atomic E-state index is 4.60. The minimum absolute atomic E-state index is 0.840. The van der Waals surface area contributed by atoms with E-state index in [-0.39, 0.29) is 0 Å². The Morgan fingerprint density at radius 2 is 1.37 bits per heavy atom. The Balaban J connectivity index is 1.35. The van der Waals surface area contributed by atoms with Gasteiger partial charge in [0.1, 0.15) is 0 Å². The topological polar surface area (TPSA) is 42.7 Å². The number of halogens is 1. The molecule has 3 aromatic carbocycles. The second-order valence-corrected chi connectivity index (χ2v) is 10.2. The summed E-state index contributed by atoms with van der Waals surface area (Å²) >= 11 is 3.66. The Morgan fingerprint density at radius 3 is 2.03 bits per heavy atom. The first-order valence-corrected chi connectivity index (χ1v) is 13.4. The Kier molecular flexibility index (Phi) is 5.64. The van der Waals surface area contributed by atoms with E-state index in [9.17, 15) is 0 Å². The minimum Gasteiger partial charge on any atom is -0.379 e. The molecule has 6 aromatic rings. The van der Waals surface area contributed by atoms with Crippen molar-refractivity contribution in [3.8, 4) is 39.3 Å². The highest BCUT2D eigenvalue weighted by atomic mass is 79.9. The molecule has 0 saturated heterocycles. The highest BCUT2D eigenvalue weighted by Gasteiger charge is 2.19. The van der Waals surface area contributed by atoms with E-state index in [0.29, 0.717) is 0 Å². The predicted octanol–water partition coefficient (Wildman–Crippen LogP) is 8.62. The van der Waals surface area contributed by atoms with Crippen molar-refractivity contribution in [3.05, 3.63) is 126 Å². The quantitative estimate of drug-likeness (QED) is 0.237. The maximum atomic E-state index is 4.60. The van der Waals surface area contributed by atoms with Gasteiger partial charge in [-0.3, -0.25) is 9.97 Å². The SMILES string of the molecule is Brc1ccc2c3c(n(-c4ccc(-c5cc(-c6ccccn6)cc(-c6ccccn6)c5)cc4)c2c1)C=CCN3. The molecule has 0 atom stereocenters. The van der Waals surface area contributed by atoms with E-state index in [1.54, 1.807) is 0 Å². The largest absolute Gasteiger partial charge is 0.379 e. The van der Waals surface area contributed by atoms with Crippen LogP contribution in [0.15, 0.2) is 120 Å². The van der Waals surface area contributed by atoms with E-state index in [1.165, 1.54) is 22.3 Å². The highest BCUT2D eigenvalue weighted by molar-refractivity contribution is 9.10. The number of aromatic nitrogens is 3. The average molecular weight is 555 g/mol. The molecule has 4 heterocycles. The fourth-order valence-corrected chi connectivity index (χ4v) is 5.54. The number of benzene rings is 3. The predicted molar refractivity (Wildman–Crippen MR) is 160 cm³/mol. The molecule has 38 heavy (non-hydrogen) atoms. The van der Waals surface area contributed by atoms with E-state index in [4.69, 9.17) is 0 Å². The summed E-state index contributed by atoms with van der Waals surface area (Å²) in [6.07, 6.45) is 8.05. The summed E-state index contributed by atoms with van der Waals surface area (Å²) in [5, 5.41) is 4.78. The van der Waals surface area contributed by atoms with Crippen molar-refractivity contribution in [1.82, 2.24) is 14.5 Å². The molecule has 0 saturated carbocycles. The third kappa shape index (κ3) is 4.01. The van der Waals surface area contributed by atoms with Gasteiger partial charge in [0, 0.05) is 45.6 Å². The standard InChI is InChI=1S/C33H23BrN4/c34-26-11-14-28-32(21-26)38(31-8-5-17-37-33(28)31)27-12-9-22(10-13-27)23-18-24(29-6-1-3-15-35-29)20-25(19-23)30-7-2-4-16-36-30/h1-16,18-21,37H,17H2. The van der Waals surface area contributed by atoms with Gasteiger partial charge in [-0.15, -0.1) is 0 Å². The normalized spacial score (nSPS) is 12.3. The number of pyridine rings is 2. The molecule has 1 aliphatic rings. The number of hydrogen-bond acceptors (Lipinski definition) is 3. The molecule has 0 spiro atoms. The van der Waals surface area contributed by atoms with Gasteiger partial charge in [-0.25, -0.2) is 0 Å². The van der Waals surface area contributed by atoms with Crippen molar-refractivity contribution < 1.29 is 0 Å². The molecule has 182 valence electrons. The molecule has 1 N–H and O–H groups in total. The van der Waals surface area contributed by atoms with E-state index in [2.05, 4.69) is 109 Å². The van der Waals surface area contributed by atoms with Crippen LogP contribution in [0.25, 0.3) is 56.3 Å². The van der Waals surface area contributed by atoms with Gasteiger partial charge in [0.2, 0.25) is 0 Å². The molecule has 0 fully saturated rings. The van der Waals surface area contributed by atoms with Crippen molar-refractivity contribution in [1.29, 1.82) is 0 Å². The second kappa shape index (κ2) is 9.43. The Labute approximate surface area is 229 Å². The van der Waals surface area contributed by atoms with Gasteiger partial charge in [0.15, 0.2) is 0 Å². The van der Waals surface area contributed by atoms with Crippen LogP contribution < -0.4 is 5.32 Å². The highest BCUT2D eigenvalue weighted by Crippen LogP contribution is 2.38. The summed E-state index contributed by atoms with van der Waals surface area (Å²) in [4.78, 5) is 9.21. The molecular formula is C33H23BrN4. The van der Waals surface area contributed by atoms with Crippen LogP contribution in [0.2, 0.25) is 0 Å². The molecule has 0 radical (unpaired) electrons. The third-order valence-electron chi connectivity index (χ3n) is 6.95. The van der Waals surface area contributed by atoms with Crippen molar-refractivity contribution in [2.45, 2.75) is 0 Å². The molecule has 0 unspecified atom stereocenters. The second-order valence-electron chi connectivity index (χ2n) is 9.32. The van der Waals surface area contributed by atoms with Crippen molar-refractivity contribution >= 4 is 38.6 Å². The first-order valence-electron chi connectivity index (χ1n) is 12.6. The zero-order valence-electron chi connectivity index (χ0n) is 20.5. The lowest BCUT2D eigenvalue weighted by molar-refractivity contribution is 1.10. The Hall–Kier alpha value is -4.48. The average Bonchev–Trinajstić information content (AvgIpc) is 3.31. The first-order chi connectivity index (χ1) is 18.7. The lowest BCUT2D eigenvalue weighted by Gasteiger charge is -2.14. The van der Waals surface area contributed by atoms with E-state index >= 15 is 0 Å². The summed E-state index contributed by atoms with van der Waals surface area (Å²) in [5.41, 5.74) is 10.9. The summed E-state index contributed by atoms with van der Waals surface area (Å²) in [7, 11) is 0. The first kappa shape index (κ1) is 22.7. The number of hydrogen-bond donors (Lipinski definition) is 1. The maximum Gasteiger partial charge on any atom is 0.0702 e. The number of nitrogens with zero attached hydrogens (tertiary/aromatic N) is 3. The summed E-state index contributed by atoms with van der Waals surface area (Å²) in [6.45, 7) is 0.840. The Bertz CT molecular complexity index is 1750. The van der Waals surface area contributed by atoms with Crippen LogP contribution in [-0.2, 0) is 0 Å². The van der Waals surface area contributed by atoms with Crippen LogP contribution in [-0.4, -0.2) is 21.1 Å². The molecule has 1 aliphatic heterocycles. The third-order valence-corrected chi connectivity index (χ3v) is 7.45. The number of rotatable bonds is 4. The summed E-state index contributed by atoms with van der Waals surface area (Å²) in [6, 6.07) is 33.9. The molecule has 0 aliphatic carbocycles. The molecule has 7 rings (SSSR count). The monoisotopic (exact) mass is 554 g/mol. The van der Waals surface area contributed by atoms with Crippen LogP contribution >= 0.6 is 15.9 Å². The fraction of sp³-hybridized carbons (Fsp3) is 0.0303. The zero-order valence-corrected chi connectivity index (χ0v) is 22.1. The van der Waals surface area contributed by atoms with Crippen molar-refractivity contribution in [2.24, 2.45) is 0 Å². The molecule has 0 amide bonds. The molecule has 5 heteroatoms. The van der Waals surface area contributed by atoms with Crippen LogP contribution in [0.1, 0.15) is 5.69 Å². The van der Waals surface area contributed by atoms with Gasteiger partial charge in [-0.2, -0.15) is 0 Å². The van der Waals surface area contributed by atoms with Crippen molar-refractivity contribution in [2.75, 3.05) is 11.9 Å². The van der Waals surface area contributed by atoms with Gasteiger partial charge >= 0.3 is 0 Å². The van der Waals surface area contributed by atoms with E-state index in [1.807, 2.05) is 48.8 Å². The van der Waals surface area contributed by atoms with Crippen LogP contribution in [0.4, 0.5) is 5.69 Å². The molecule has 4 nitrogen and oxygen atoms in total. The van der Waals surface area contributed by atoms with Gasteiger partial charge in [0.05, 0.1) is 28.3 Å². The Morgan fingerprint density at radius 1 is 0.684 bits per heavy atom. The van der Waals surface area contributed by atoms with Crippen LogP contribution in [0, 0.1) is 0 Å². The lowest BCUT2D eigenvalue weighted by Crippen LogP contribution is -2.05. The molecule has 0 bridgehead atoms. The van der Waals surface area contributed by atoms with Crippen LogP contribution in [0.3, 0.4) is 0 Å². The van der Waals surface area contributed by atoms with E-state index in [0.717, 1.165) is 50.3 Å². The summed E-state index contributed by atoms with van der Waals surface area (Å²) in [5.74, 6) is 0. The number of anilines is 1. The molecule has 3 aromatic heterocycles. The number of nitrogens with one attached hydrogen (secondary N) is 1. The van der Waals surface area contributed by atoms with Gasteiger partial charge in [-0.05, 0) is 90.0 Å². The van der Waals surface area contributed by atoms with Gasteiger partial charge in [-0.1, -0.05) is 46.3 Å². The van der Waals surface area contributed by atoms with E-state index < -0.39 is 0 Å².